The van der Waals surface area contributed by atoms with Crippen LogP contribution >= 0.6 is 23.2 Å². The highest BCUT2D eigenvalue weighted by atomic mass is 35.5. The molecule has 0 radical (unpaired) electrons. The Balaban J connectivity index is 0.000000136. The maximum absolute atomic E-state index is 6.84. The lowest BCUT2D eigenvalue weighted by Crippen LogP contribution is -2.64. The van der Waals surface area contributed by atoms with E-state index < -0.39 is 0 Å². The molecule has 2 aromatic heterocycles. The van der Waals surface area contributed by atoms with Gasteiger partial charge < -0.3 is 28.4 Å². The average molecular weight is 1170 g/mol. The van der Waals surface area contributed by atoms with Crippen LogP contribution in [0.1, 0.15) is 101 Å². The molecule has 0 N–H and O–H groups in total. The van der Waals surface area contributed by atoms with Crippen molar-refractivity contribution in [2.45, 2.75) is 115 Å². The Bertz CT molecular complexity index is 4870. The zero-order chi connectivity index (χ0) is 58.9. The monoisotopic (exact) mass is 1170 g/mol. The minimum Gasteiger partial charge on any atom is -0.456 e. The van der Waals surface area contributed by atoms with Crippen LogP contribution in [0.4, 0.5) is 56.9 Å². The smallest absolute Gasteiger partial charge is 0.252 e. The van der Waals surface area contributed by atoms with Gasteiger partial charge in [-0.1, -0.05) is 160 Å². The van der Waals surface area contributed by atoms with E-state index in [1.54, 1.807) is 0 Å². The Labute approximate surface area is 519 Å². The summed E-state index contributed by atoms with van der Waals surface area (Å²) in [5.41, 5.74) is 25.4. The van der Waals surface area contributed by atoms with E-state index >= 15 is 0 Å². The predicted octanol–water partition coefficient (Wildman–Crippen LogP) is 20.7. The van der Waals surface area contributed by atoms with Crippen molar-refractivity contribution in [3.63, 3.8) is 0 Å². The number of hydrogen-bond acceptors (Lipinski definition) is 6. The van der Waals surface area contributed by atoms with Gasteiger partial charge in [0.1, 0.15) is 22.3 Å². The minimum atomic E-state index is -0.0122. The zero-order valence-corrected chi connectivity index (χ0v) is 51.7. The highest BCUT2D eigenvalue weighted by Crippen LogP contribution is 2.63. The third-order valence-electron chi connectivity index (χ3n) is 21.9. The number of nitrogens with zero attached hydrogens (tertiary/aromatic N) is 4. The summed E-state index contributed by atoms with van der Waals surface area (Å²) >= 11 is 13.5. The van der Waals surface area contributed by atoms with Gasteiger partial charge in [0.05, 0.1) is 33.2 Å². The fourth-order valence-corrected chi connectivity index (χ4v) is 18.0. The molecule has 4 atom stereocenters. The predicted molar refractivity (Wildman–Crippen MR) is 367 cm³/mol. The van der Waals surface area contributed by atoms with E-state index in [1.807, 2.05) is 30.3 Å². The van der Waals surface area contributed by atoms with Crippen LogP contribution in [0.15, 0.2) is 209 Å². The van der Waals surface area contributed by atoms with Crippen molar-refractivity contribution < 1.29 is 8.83 Å². The van der Waals surface area contributed by atoms with E-state index in [4.69, 9.17) is 32.0 Å². The van der Waals surface area contributed by atoms with E-state index in [-0.39, 0.29) is 28.6 Å². The number of benzene rings is 10. The second kappa shape index (κ2) is 19.1. The number of hydrogen-bond donors (Lipinski definition) is 0. The maximum Gasteiger partial charge on any atom is 0.252 e. The number of fused-ring (bicyclic) bond motifs is 16. The Morgan fingerprint density at radius 2 is 1.02 bits per heavy atom. The molecule has 428 valence electrons. The van der Waals surface area contributed by atoms with Gasteiger partial charge in [-0.05, 0) is 195 Å². The van der Waals surface area contributed by atoms with E-state index in [9.17, 15) is 0 Å². The molecule has 6 aliphatic rings. The Hall–Kier alpha value is -8.36. The molecular weight excluding hydrogens is 1110 g/mol. The largest absolute Gasteiger partial charge is 0.456 e. The summed E-state index contributed by atoms with van der Waals surface area (Å²) in [6.07, 6.45) is 9.88. The first-order valence-corrected chi connectivity index (χ1v) is 32.1. The first-order valence-electron chi connectivity index (χ1n) is 31.3. The molecule has 2 saturated carbocycles. The fraction of sp³-hybridized carbons (Fsp3) is 0.231. The van der Waals surface area contributed by atoms with Gasteiger partial charge in [-0.2, -0.15) is 0 Å². The third-order valence-corrected chi connectivity index (χ3v) is 22.4. The number of aryl methyl sites for hydroxylation is 2. The van der Waals surface area contributed by atoms with Crippen LogP contribution in [0, 0.1) is 13.8 Å². The van der Waals surface area contributed by atoms with Crippen molar-refractivity contribution in [2.75, 3.05) is 19.6 Å². The summed E-state index contributed by atoms with van der Waals surface area (Å²) in [4.78, 5) is 10.3. The van der Waals surface area contributed by atoms with Gasteiger partial charge in [0.15, 0.2) is 0 Å². The molecule has 6 heterocycles. The van der Waals surface area contributed by atoms with Crippen LogP contribution in [-0.4, -0.2) is 17.8 Å². The summed E-state index contributed by atoms with van der Waals surface area (Å²) < 4.78 is 12.7. The second-order valence-electron chi connectivity index (χ2n) is 26.6. The number of halogens is 2. The van der Waals surface area contributed by atoms with Gasteiger partial charge in [-0.3, -0.25) is 0 Å². The molecule has 4 unspecified atom stereocenters. The lowest BCUT2D eigenvalue weighted by Gasteiger charge is -2.52. The molecule has 12 aromatic rings. The molecule has 18 rings (SSSR count). The quantitative estimate of drug-likeness (QED) is 0.160. The normalized spacial score (nSPS) is 22.0. The molecule has 6 nitrogen and oxygen atoms in total. The zero-order valence-electron chi connectivity index (χ0n) is 50.1. The Morgan fingerprint density at radius 1 is 0.437 bits per heavy atom. The lowest BCUT2D eigenvalue weighted by molar-refractivity contribution is 0.195. The molecule has 10 aromatic carbocycles. The summed E-state index contributed by atoms with van der Waals surface area (Å²) in [5.74, 6) is 0. The van der Waals surface area contributed by atoms with Crippen LogP contribution in [-0.2, 0) is 10.8 Å². The Morgan fingerprint density at radius 3 is 1.79 bits per heavy atom. The summed E-state index contributed by atoms with van der Waals surface area (Å²) in [6, 6.07) is 72.2. The fourth-order valence-electron chi connectivity index (χ4n) is 17.7. The van der Waals surface area contributed by atoms with Gasteiger partial charge >= 0.3 is 0 Å². The first-order chi connectivity index (χ1) is 42.3. The number of para-hydroxylation sites is 4. The Kier molecular flexibility index (Phi) is 11.6. The van der Waals surface area contributed by atoms with Crippen LogP contribution in [0.5, 0.6) is 0 Å². The standard InChI is InChI=1S/C39H32BClN2O.C39H35ClN2O/c1-23-20-31-36-32(21-23)43-37-26(38(2)18-6-7-19-39(38,43)3)11-8-12-28(37)40(36)27-17-16-24(41)22-30(27)42(31)29-13-9-15-34-35(29)25-10-4-5-14-33(25)44-34;1-26-22-29(25-30(23-26)42-33-16-6-5-15-32(33)38(2)20-8-9-21-39(38,42)3)41(28-13-10-12-27(40)24-28)34-17-11-19-36-37(34)31-14-4-7-18-35(31)43-36/h4-5,8-17,20-22H,6-7,18-19H2,1-3H3;4-7,10-19,22-25H,8-9,20-21H2,1-3H3. The van der Waals surface area contributed by atoms with Gasteiger partial charge in [0.2, 0.25) is 0 Å². The van der Waals surface area contributed by atoms with Crippen molar-refractivity contribution in [3.05, 3.63) is 232 Å². The van der Waals surface area contributed by atoms with E-state index in [0.717, 1.165) is 77.3 Å². The highest BCUT2D eigenvalue weighted by Gasteiger charge is 2.62. The average Bonchev–Trinajstić information content (AvgIpc) is 1.59. The van der Waals surface area contributed by atoms with Crippen molar-refractivity contribution in [2.24, 2.45) is 0 Å². The first kappa shape index (κ1) is 52.9. The molecule has 0 saturated heterocycles. The van der Waals surface area contributed by atoms with Gasteiger partial charge in [-0.15, -0.1) is 0 Å². The van der Waals surface area contributed by atoms with Gasteiger partial charge in [0.25, 0.3) is 6.71 Å². The number of furan rings is 2. The number of anilines is 10. The van der Waals surface area contributed by atoms with Crippen molar-refractivity contribution in [3.8, 4) is 0 Å². The van der Waals surface area contributed by atoms with E-state index in [0.29, 0.717) is 5.02 Å². The van der Waals surface area contributed by atoms with Gasteiger partial charge in [-0.25, -0.2) is 0 Å². The minimum absolute atomic E-state index is 0.0122. The van der Waals surface area contributed by atoms with E-state index in [1.165, 1.54) is 118 Å². The number of rotatable bonds is 5. The molecule has 0 spiro atoms. The summed E-state index contributed by atoms with van der Waals surface area (Å²) in [5, 5.41) is 5.92. The van der Waals surface area contributed by atoms with Crippen LogP contribution in [0.2, 0.25) is 10.0 Å². The molecule has 2 aliphatic carbocycles. The molecule has 9 heteroatoms. The molecule has 0 amide bonds. The van der Waals surface area contributed by atoms with Crippen molar-refractivity contribution >= 4 is 147 Å². The lowest BCUT2D eigenvalue weighted by atomic mass is 9.33. The summed E-state index contributed by atoms with van der Waals surface area (Å²) in [6.45, 7) is 14.6. The second-order valence-corrected chi connectivity index (χ2v) is 27.5. The van der Waals surface area contributed by atoms with Crippen molar-refractivity contribution in [1.82, 2.24) is 0 Å². The third kappa shape index (κ3) is 7.36. The molecule has 4 aliphatic heterocycles. The SMILES string of the molecule is Cc1cc(N(c2cccc(Cl)c2)c2cccc3oc4ccccc4c23)cc(N2c3ccccc3C3(C)CCCCC23C)c1.Cc1cc2c3c(c1)N1c4c(cccc4C4(C)CCCCC14C)B3c1ccc(Cl)cc1N2c1cccc2oc3ccccc3c12. The molecule has 87 heavy (non-hydrogen) atoms. The maximum atomic E-state index is 6.84. The molecular formula is C78H67BCl2N4O2. The highest BCUT2D eigenvalue weighted by molar-refractivity contribution is 7.00. The van der Waals surface area contributed by atoms with Crippen molar-refractivity contribution in [1.29, 1.82) is 0 Å². The van der Waals surface area contributed by atoms with Crippen LogP contribution < -0.4 is 36.0 Å². The van der Waals surface area contributed by atoms with Crippen LogP contribution in [0.3, 0.4) is 0 Å². The summed E-state index contributed by atoms with van der Waals surface area (Å²) in [7, 11) is 0. The van der Waals surface area contributed by atoms with Crippen LogP contribution in [0.25, 0.3) is 43.9 Å². The molecule has 2 fully saturated rings. The topological polar surface area (TPSA) is 39.2 Å². The van der Waals surface area contributed by atoms with Gasteiger partial charge in [0, 0.05) is 77.1 Å². The van der Waals surface area contributed by atoms with E-state index in [2.05, 4.69) is 231 Å². The molecule has 0 bridgehead atoms.